The first kappa shape index (κ1) is 28.7. The number of nitrogen functional groups attached to an aromatic ring is 1. The third-order valence-corrected chi connectivity index (χ3v) is 6.81. The van der Waals surface area contributed by atoms with Crippen molar-refractivity contribution in [2.24, 2.45) is 5.41 Å². The number of hydrogen-bond donors (Lipinski definition) is 2. The van der Waals surface area contributed by atoms with Gasteiger partial charge >= 0.3 is 19.7 Å². The lowest BCUT2D eigenvalue weighted by Gasteiger charge is -2.24. The van der Waals surface area contributed by atoms with Crippen molar-refractivity contribution in [2.75, 3.05) is 32.3 Å². The SMILES string of the molecule is CC(C)OC(=O)OCOP(=O)(COC1(Cn2cnc3c(N)ncnc32)CC1)OCOC(=O)C(C)(C)CO. The van der Waals surface area contributed by atoms with Gasteiger partial charge in [-0.2, -0.15) is 0 Å². The molecule has 1 aliphatic carbocycles. The average molecular weight is 545 g/mol. The number of hydrogen-bond acceptors (Lipinski definition) is 14. The highest BCUT2D eigenvalue weighted by Crippen LogP contribution is 2.52. The van der Waals surface area contributed by atoms with Crippen molar-refractivity contribution < 1.29 is 47.3 Å². The number of anilines is 1. The average Bonchev–Trinajstić information content (AvgIpc) is 3.48. The first-order valence-corrected chi connectivity index (χ1v) is 13.2. The van der Waals surface area contributed by atoms with E-state index in [-0.39, 0.29) is 5.82 Å². The Balaban J connectivity index is 1.63. The molecule has 0 aliphatic heterocycles. The number of esters is 1. The molecule has 2 aromatic heterocycles. The van der Waals surface area contributed by atoms with Crippen LogP contribution < -0.4 is 5.73 Å². The Morgan fingerprint density at radius 1 is 1.19 bits per heavy atom. The van der Waals surface area contributed by atoms with Crippen LogP contribution in [0.3, 0.4) is 0 Å². The molecule has 1 saturated carbocycles. The third kappa shape index (κ3) is 7.82. The Kier molecular flexibility index (Phi) is 9.08. The Hall–Kier alpha value is -2.84. The quantitative estimate of drug-likeness (QED) is 0.199. The second-order valence-corrected chi connectivity index (χ2v) is 11.4. The number of ether oxygens (including phenoxy) is 4. The summed E-state index contributed by atoms with van der Waals surface area (Å²) < 4.78 is 46.1. The van der Waals surface area contributed by atoms with Crippen LogP contribution in [-0.2, 0) is 43.9 Å². The summed E-state index contributed by atoms with van der Waals surface area (Å²) >= 11 is 0. The van der Waals surface area contributed by atoms with Crippen LogP contribution in [0, 0.1) is 5.41 Å². The molecule has 0 aromatic carbocycles. The highest BCUT2D eigenvalue weighted by atomic mass is 31.2. The third-order valence-electron chi connectivity index (χ3n) is 5.37. The number of rotatable bonds is 14. The monoisotopic (exact) mass is 545 g/mol. The van der Waals surface area contributed by atoms with E-state index in [4.69, 9.17) is 33.7 Å². The lowest BCUT2D eigenvalue weighted by Crippen LogP contribution is -2.31. The van der Waals surface area contributed by atoms with Crippen LogP contribution in [0.1, 0.15) is 40.5 Å². The summed E-state index contributed by atoms with van der Waals surface area (Å²) in [4.78, 5) is 36.0. The van der Waals surface area contributed by atoms with Gasteiger partial charge in [-0.3, -0.25) is 18.4 Å². The topological polar surface area (TPSA) is 196 Å². The second kappa shape index (κ2) is 11.7. The van der Waals surface area contributed by atoms with Gasteiger partial charge in [-0.1, -0.05) is 0 Å². The number of carbonyl (C=O) groups excluding carboxylic acids is 2. The molecular weight excluding hydrogens is 513 g/mol. The van der Waals surface area contributed by atoms with Gasteiger partial charge in [-0.05, 0) is 40.5 Å². The standard InChI is InChI=1S/C21H32N5O10P/c1-14(2)36-19(29)32-12-35-37(30,34-11-31-18(28)20(3,4)8-27)13-33-21(5-6-21)7-26-10-25-15-16(22)23-9-24-17(15)26/h9-10,14,27H,5-8,11-13H2,1-4H3,(H2,22,23,24). The summed E-state index contributed by atoms with van der Waals surface area (Å²) in [6, 6.07) is 0. The van der Waals surface area contributed by atoms with E-state index in [2.05, 4.69) is 15.0 Å². The fourth-order valence-corrected chi connectivity index (χ4v) is 4.02. The van der Waals surface area contributed by atoms with Gasteiger partial charge in [-0.15, -0.1) is 0 Å². The Morgan fingerprint density at radius 3 is 2.49 bits per heavy atom. The predicted molar refractivity (Wildman–Crippen MR) is 127 cm³/mol. The first-order chi connectivity index (χ1) is 17.4. The van der Waals surface area contributed by atoms with Gasteiger partial charge in [0.15, 0.2) is 11.5 Å². The fraction of sp³-hybridized carbons (Fsp3) is 0.667. The normalized spacial score (nSPS) is 16.4. The molecule has 206 valence electrons. The van der Waals surface area contributed by atoms with Gasteiger partial charge in [-0.25, -0.2) is 19.7 Å². The van der Waals surface area contributed by atoms with E-state index >= 15 is 0 Å². The lowest BCUT2D eigenvalue weighted by atomic mass is 9.95. The van der Waals surface area contributed by atoms with E-state index in [0.717, 1.165) is 0 Å². The van der Waals surface area contributed by atoms with Crippen LogP contribution in [0.25, 0.3) is 11.2 Å². The number of aliphatic hydroxyl groups is 1. The van der Waals surface area contributed by atoms with Crippen molar-refractivity contribution in [1.29, 1.82) is 0 Å². The van der Waals surface area contributed by atoms with Gasteiger partial charge in [0.1, 0.15) is 18.2 Å². The van der Waals surface area contributed by atoms with Gasteiger partial charge in [0, 0.05) is 0 Å². The Labute approximate surface area is 213 Å². The number of carbonyl (C=O) groups is 2. The number of aliphatic hydroxyl groups excluding tert-OH is 1. The molecule has 1 atom stereocenters. The largest absolute Gasteiger partial charge is 0.510 e. The van der Waals surface area contributed by atoms with Gasteiger partial charge in [0.05, 0.1) is 36.6 Å². The van der Waals surface area contributed by atoms with Crippen LogP contribution in [0.4, 0.5) is 10.6 Å². The van der Waals surface area contributed by atoms with Crippen molar-refractivity contribution >= 4 is 36.7 Å². The maximum absolute atomic E-state index is 13.4. The Morgan fingerprint density at radius 2 is 1.86 bits per heavy atom. The molecule has 1 aliphatic rings. The van der Waals surface area contributed by atoms with Crippen LogP contribution in [-0.4, -0.2) is 75.0 Å². The molecule has 0 radical (unpaired) electrons. The zero-order chi connectivity index (χ0) is 27.3. The summed E-state index contributed by atoms with van der Waals surface area (Å²) in [7, 11) is -4.09. The van der Waals surface area contributed by atoms with Crippen LogP contribution in [0.2, 0.25) is 0 Å². The molecule has 0 amide bonds. The van der Waals surface area contributed by atoms with Crippen LogP contribution >= 0.6 is 7.60 Å². The van der Waals surface area contributed by atoms with E-state index in [1.54, 1.807) is 24.7 Å². The van der Waals surface area contributed by atoms with Gasteiger partial charge in [0.2, 0.25) is 13.6 Å². The van der Waals surface area contributed by atoms with Gasteiger partial charge in [0.25, 0.3) is 0 Å². The minimum absolute atomic E-state index is 0.246. The minimum Gasteiger partial charge on any atom is -0.437 e. The zero-order valence-electron chi connectivity index (χ0n) is 21.1. The number of nitrogens with zero attached hydrogens (tertiary/aromatic N) is 4. The van der Waals surface area contributed by atoms with Crippen molar-refractivity contribution in [3.63, 3.8) is 0 Å². The molecule has 2 aromatic rings. The smallest absolute Gasteiger partial charge is 0.437 e. The van der Waals surface area contributed by atoms with E-state index < -0.39 is 63.4 Å². The summed E-state index contributed by atoms with van der Waals surface area (Å²) in [5.41, 5.74) is 4.92. The molecule has 1 unspecified atom stereocenters. The molecule has 2 heterocycles. The molecule has 15 nitrogen and oxygen atoms in total. The second-order valence-electron chi connectivity index (χ2n) is 9.40. The number of imidazole rings is 1. The van der Waals surface area contributed by atoms with Crippen molar-refractivity contribution in [3.05, 3.63) is 12.7 Å². The summed E-state index contributed by atoms with van der Waals surface area (Å²) in [5.74, 6) is -0.526. The van der Waals surface area contributed by atoms with Crippen LogP contribution in [0.5, 0.6) is 0 Å². The molecule has 3 N–H and O–H groups in total. The van der Waals surface area contributed by atoms with Crippen molar-refractivity contribution in [1.82, 2.24) is 19.5 Å². The maximum Gasteiger partial charge on any atom is 0.510 e. The van der Waals surface area contributed by atoms with E-state index in [0.29, 0.717) is 30.6 Å². The van der Waals surface area contributed by atoms with E-state index in [9.17, 15) is 19.3 Å². The lowest BCUT2D eigenvalue weighted by molar-refractivity contribution is -0.163. The first-order valence-electron chi connectivity index (χ1n) is 11.4. The molecule has 37 heavy (non-hydrogen) atoms. The molecule has 0 spiro atoms. The highest BCUT2D eigenvalue weighted by Gasteiger charge is 2.47. The maximum atomic E-state index is 13.4. The molecular formula is C21H32N5O10P. The van der Waals surface area contributed by atoms with Gasteiger partial charge < -0.3 is 34.4 Å². The Bertz CT molecular complexity index is 1150. The predicted octanol–water partition coefficient (Wildman–Crippen LogP) is 2.18. The molecule has 16 heteroatoms. The molecule has 0 saturated heterocycles. The van der Waals surface area contributed by atoms with Crippen molar-refractivity contribution in [3.8, 4) is 0 Å². The number of nitrogens with two attached hydrogens (primary N) is 1. The summed E-state index contributed by atoms with van der Waals surface area (Å²) in [5, 5.41) is 9.30. The number of aromatic nitrogens is 4. The minimum atomic E-state index is -4.09. The zero-order valence-corrected chi connectivity index (χ0v) is 22.0. The molecule has 1 fully saturated rings. The molecule has 0 bridgehead atoms. The van der Waals surface area contributed by atoms with E-state index in [1.807, 2.05) is 0 Å². The summed E-state index contributed by atoms with van der Waals surface area (Å²) in [6.07, 6.45) is 2.19. The number of fused-ring (bicyclic) bond motifs is 1. The summed E-state index contributed by atoms with van der Waals surface area (Å²) in [6.45, 7) is 4.58. The van der Waals surface area contributed by atoms with E-state index in [1.165, 1.54) is 20.2 Å². The fourth-order valence-electron chi connectivity index (χ4n) is 2.94. The molecule has 3 rings (SSSR count). The van der Waals surface area contributed by atoms with Crippen molar-refractivity contribution in [2.45, 2.75) is 58.8 Å². The van der Waals surface area contributed by atoms with Crippen LogP contribution in [0.15, 0.2) is 12.7 Å². The highest BCUT2D eigenvalue weighted by molar-refractivity contribution is 7.53.